The molecule has 2 aromatic heterocycles. The molecule has 2 aromatic rings. The lowest BCUT2D eigenvalue weighted by Crippen LogP contribution is -2.37. The van der Waals surface area contributed by atoms with E-state index in [9.17, 15) is 14.4 Å². The average molecular weight is 234 g/mol. The van der Waals surface area contributed by atoms with E-state index in [4.69, 9.17) is 0 Å². The Morgan fingerprint density at radius 2 is 2.00 bits per heavy atom. The number of hydrogen-bond donors (Lipinski definition) is 0. The molecule has 2 heterocycles. The van der Waals surface area contributed by atoms with Gasteiger partial charge in [0.1, 0.15) is 6.33 Å². The minimum Gasteiger partial charge on any atom is -0.279 e. The fourth-order valence-electron chi connectivity index (χ4n) is 1.61. The summed E-state index contributed by atoms with van der Waals surface area (Å²) in [6, 6.07) is 0. The third-order valence-corrected chi connectivity index (χ3v) is 2.56. The third kappa shape index (κ3) is 1.36. The largest absolute Gasteiger partial charge is 0.332 e. The summed E-state index contributed by atoms with van der Waals surface area (Å²) >= 11 is 0. The number of nitrogens with zero attached hydrogens (tertiary/aromatic N) is 4. The first-order chi connectivity index (χ1) is 7.99. The number of allylic oxidation sites excluding steroid dienone is 1. The number of aromatic nitrogens is 4. The number of fused-ring (bicyclic) bond motifs is 1. The van der Waals surface area contributed by atoms with Gasteiger partial charge in [-0.3, -0.25) is 23.3 Å². The number of rotatable bonds is 1. The Morgan fingerprint density at radius 1 is 1.35 bits per heavy atom. The molecule has 0 unspecified atom stereocenters. The number of aryl methyl sites for hydroxylation is 1. The van der Waals surface area contributed by atoms with Crippen molar-refractivity contribution >= 4 is 17.1 Å². The van der Waals surface area contributed by atoms with E-state index in [0.29, 0.717) is 0 Å². The van der Waals surface area contributed by atoms with Crippen LogP contribution in [0, 0.1) is 0 Å². The summed E-state index contributed by atoms with van der Waals surface area (Å²) in [5, 5.41) is 0. The van der Waals surface area contributed by atoms with Crippen LogP contribution in [0.2, 0.25) is 0 Å². The van der Waals surface area contributed by atoms with Crippen LogP contribution in [0.15, 0.2) is 28.6 Å². The van der Waals surface area contributed by atoms with E-state index >= 15 is 0 Å². The van der Waals surface area contributed by atoms with Gasteiger partial charge >= 0.3 is 5.69 Å². The van der Waals surface area contributed by atoms with Gasteiger partial charge in [-0.2, -0.15) is 0 Å². The monoisotopic (exact) mass is 234 g/mol. The molecule has 7 heteroatoms. The van der Waals surface area contributed by atoms with Gasteiger partial charge in [-0.25, -0.2) is 9.78 Å². The first-order valence-electron chi connectivity index (χ1n) is 4.79. The van der Waals surface area contributed by atoms with E-state index in [1.54, 1.807) is 0 Å². The van der Waals surface area contributed by atoms with E-state index in [0.717, 1.165) is 15.2 Å². The predicted octanol–water partition coefficient (Wildman–Crippen LogP) is -0.740. The van der Waals surface area contributed by atoms with Gasteiger partial charge in [0.2, 0.25) is 0 Å². The van der Waals surface area contributed by atoms with Gasteiger partial charge in [-0.15, -0.1) is 0 Å². The molecule has 0 bridgehead atoms. The fraction of sp³-hybridized carbons (Fsp3) is 0.200. The zero-order valence-corrected chi connectivity index (χ0v) is 9.38. The summed E-state index contributed by atoms with van der Waals surface area (Å²) in [6.45, 7) is 3.34. The summed E-state index contributed by atoms with van der Waals surface area (Å²) in [7, 11) is 2.83. The second-order valence-corrected chi connectivity index (χ2v) is 3.53. The predicted molar refractivity (Wildman–Crippen MR) is 61.0 cm³/mol. The second-order valence-electron chi connectivity index (χ2n) is 3.53. The highest BCUT2D eigenvalue weighted by molar-refractivity contribution is 5.95. The quantitative estimate of drug-likeness (QED) is 0.609. The van der Waals surface area contributed by atoms with Crippen LogP contribution < -0.4 is 11.2 Å². The van der Waals surface area contributed by atoms with E-state index in [1.807, 2.05) is 0 Å². The van der Waals surface area contributed by atoms with E-state index in [2.05, 4.69) is 11.6 Å². The van der Waals surface area contributed by atoms with E-state index < -0.39 is 17.2 Å². The van der Waals surface area contributed by atoms with Crippen LogP contribution in [0.1, 0.15) is 4.79 Å². The van der Waals surface area contributed by atoms with Crippen molar-refractivity contribution in [2.24, 2.45) is 14.1 Å². The SMILES string of the molecule is C=CC(=O)n1cnc2c1c(=O)n(C)c(=O)n2C. The minimum absolute atomic E-state index is 0.0690. The maximum Gasteiger partial charge on any atom is 0.332 e. The molecular weight excluding hydrogens is 224 g/mol. The Kier molecular flexibility index (Phi) is 2.31. The fourth-order valence-corrected chi connectivity index (χ4v) is 1.61. The number of imidazole rings is 1. The molecule has 17 heavy (non-hydrogen) atoms. The van der Waals surface area contributed by atoms with Crippen LogP contribution in [-0.4, -0.2) is 24.6 Å². The molecule has 0 N–H and O–H groups in total. The highest BCUT2D eigenvalue weighted by Crippen LogP contribution is 2.04. The van der Waals surface area contributed by atoms with Gasteiger partial charge < -0.3 is 0 Å². The van der Waals surface area contributed by atoms with Crippen molar-refractivity contribution in [3.05, 3.63) is 39.8 Å². The summed E-state index contributed by atoms with van der Waals surface area (Å²) in [6.07, 6.45) is 2.28. The molecule has 0 aromatic carbocycles. The van der Waals surface area contributed by atoms with Crippen LogP contribution >= 0.6 is 0 Å². The number of carbonyl (C=O) groups is 1. The van der Waals surface area contributed by atoms with Crippen LogP contribution in [-0.2, 0) is 14.1 Å². The van der Waals surface area contributed by atoms with Crippen LogP contribution in [0.4, 0.5) is 0 Å². The van der Waals surface area contributed by atoms with Gasteiger partial charge in [-0.1, -0.05) is 6.58 Å². The average Bonchev–Trinajstić information content (AvgIpc) is 2.77. The second kappa shape index (κ2) is 3.55. The van der Waals surface area contributed by atoms with Crippen molar-refractivity contribution in [1.82, 2.24) is 18.7 Å². The van der Waals surface area contributed by atoms with Gasteiger partial charge in [0.15, 0.2) is 11.2 Å². The molecule has 2 rings (SSSR count). The lowest BCUT2D eigenvalue weighted by atomic mass is 10.4. The zero-order valence-electron chi connectivity index (χ0n) is 9.38. The topological polar surface area (TPSA) is 78.9 Å². The van der Waals surface area contributed by atoms with Crippen molar-refractivity contribution in [2.75, 3.05) is 0 Å². The molecule has 0 aliphatic rings. The molecule has 0 aliphatic carbocycles. The van der Waals surface area contributed by atoms with Crippen LogP contribution in [0.25, 0.3) is 11.2 Å². The molecule has 0 amide bonds. The van der Waals surface area contributed by atoms with E-state index in [-0.39, 0.29) is 11.2 Å². The first kappa shape index (κ1) is 11.1. The normalized spacial score (nSPS) is 10.7. The molecule has 0 fully saturated rings. The molecule has 0 radical (unpaired) electrons. The maximum atomic E-state index is 11.9. The molecule has 7 nitrogen and oxygen atoms in total. The minimum atomic E-state index is -0.559. The van der Waals surface area contributed by atoms with E-state index in [1.165, 1.54) is 25.0 Å². The standard InChI is InChI=1S/C10H10N4O3/c1-4-6(15)14-5-11-8-7(14)9(16)13(3)10(17)12(8)2/h4-5H,1H2,2-3H3. The maximum absolute atomic E-state index is 11.9. The molecule has 0 saturated carbocycles. The summed E-state index contributed by atoms with van der Waals surface area (Å²) < 4.78 is 3.21. The third-order valence-electron chi connectivity index (χ3n) is 2.56. The van der Waals surface area contributed by atoms with Gasteiger partial charge in [0, 0.05) is 14.1 Å². The Hall–Kier alpha value is -2.44. The first-order valence-corrected chi connectivity index (χ1v) is 4.79. The zero-order chi connectivity index (χ0) is 12.7. The lowest BCUT2D eigenvalue weighted by molar-refractivity contribution is 0.0973. The van der Waals surface area contributed by atoms with Crippen LogP contribution in [0.5, 0.6) is 0 Å². The molecule has 0 spiro atoms. The van der Waals surface area contributed by atoms with Crippen molar-refractivity contribution in [3.8, 4) is 0 Å². The van der Waals surface area contributed by atoms with Gasteiger partial charge in [0.25, 0.3) is 11.5 Å². The lowest BCUT2D eigenvalue weighted by Gasteiger charge is -2.03. The molecule has 0 saturated heterocycles. The molecular formula is C10H10N4O3. The molecule has 0 atom stereocenters. The Bertz CT molecular complexity index is 747. The Labute approximate surface area is 95.2 Å². The number of carbonyl (C=O) groups excluding carboxylic acids is 1. The Morgan fingerprint density at radius 3 is 2.59 bits per heavy atom. The summed E-state index contributed by atoms with van der Waals surface area (Å²) in [5.74, 6) is -0.469. The highest BCUT2D eigenvalue weighted by atomic mass is 16.2. The Balaban J connectivity index is 3.06. The number of hydrogen-bond acceptors (Lipinski definition) is 4. The van der Waals surface area contributed by atoms with Crippen molar-refractivity contribution in [1.29, 1.82) is 0 Å². The van der Waals surface area contributed by atoms with Crippen molar-refractivity contribution in [2.45, 2.75) is 0 Å². The van der Waals surface area contributed by atoms with Gasteiger partial charge in [-0.05, 0) is 6.08 Å². The highest BCUT2D eigenvalue weighted by Gasteiger charge is 2.16. The smallest absolute Gasteiger partial charge is 0.279 e. The van der Waals surface area contributed by atoms with Gasteiger partial charge in [0.05, 0.1) is 0 Å². The molecule has 88 valence electrons. The summed E-state index contributed by atoms with van der Waals surface area (Å²) in [4.78, 5) is 38.9. The van der Waals surface area contributed by atoms with Crippen molar-refractivity contribution < 1.29 is 4.79 Å². The summed E-state index contributed by atoms with van der Waals surface area (Å²) in [5.41, 5.74) is -0.803. The van der Waals surface area contributed by atoms with Crippen molar-refractivity contribution in [3.63, 3.8) is 0 Å². The molecule has 0 aliphatic heterocycles. The van der Waals surface area contributed by atoms with Crippen LogP contribution in [0.3, 0.4) is 0 Å².